The summed E-state index contributed by atoms with van der Waals surface area (Å²) in [5, 5.41) is 8.80. The second kappa shape index (κ2) is 6.21. The fourth-order valence-corrected chi connectivity index (χ4v) is 2.18. The number of carboxylic acids is 1. The third-order valence-electron chi connectivity index (χ3n) is 2.15. The predicted octanol–water partition coefficient (Wildman–Crippen LogP) is 4.45. The van der Waals surface area contributed by atoms with Gasteiger partial charge in [0.1, 0.15) is 4.88 Å². The van der Waals surface area contributed by atoms with Crippen LogP contribution in [0.2, 0.25) is 0 Å². The first-order chi connectivity index (χ1) is 8.16. The first kappa shape index (κ1) is 13.5. The molecule has 0 unspecified atom stereocenters. The minimum absolute atomic E-state index is 0.380. The van der Waals surface area contributed by atoms with Gasteiger partial charge in [-0.3, -0.25) is 0 Å². The molecule has 0 radical (unpaired) electrons. The summed E-state index contributed by atoms with van der Waals surface area (Å²) >= 11 is 1.30. The van der Waals surface area contributed by atoms with E-state index in [1.165, 1.54) is 16.9 Å². The van der Waals surface area contributed by atoms with Gasteiger partial charge in [-0.25, -0.2) is 4.79 Å². The van der Waals surface area contributed by atoms with Gasteiger partial charge in [0, 0.05) is 4.88 Å². The van der Waals surface area contributed by atoms with Crippen molar-refractivity contribution < 1.29 is 9.90 Å². The Bertz CT molecular complexity index is 483. The lowest BCUT2D eigenvalue weighted by molar-refractivity contribution is 0.0702. The summed E-state index contributed by atoms with van der Waals surface area (Å²) in [6, 6.07) is 11.5. The molecular formula is C14H16O2S. The standard InChI is InChI=1S/C12H10O2S.C2H6/c1-8-2-4-9(5-3-8)10-6-7-11(15-10)12(13)14;1-2/h2-7H,1H3,(H,13,14);1-2H3. The van der Waals surface area contributed by atoms with Gasteiger partial charge >= 0.3 is 5.97 Å². The molecule has 0 saturated heterocycles. The van der Waals surface area contributed by atoms with Crippen LogP contribution in [-0.2, 0) is 0 Å². The van der Waals surface area contributed by atoms with E-state index in [9.17, 15) is 4.79 Å². The second-order valence-corrected chi connectivity index (χ2v) is 4.42. The molecule has 1 aromatic heterocycles. The Morgan fingerprint density at radius 3 is 2.12 bits per heavy atom. The van der Waals surface area contributed by atoms with Crippen LogP contribution in [0.25, 0.3) is 10.4 Å². The first-order valence-electron chi connectivity index (χ1n) is 5.57. The molecule has 2 aromatic rings. The molecule has 17 heavy (non-hydrogen) atoms. The number of rotatable bonds is 2. The van der Waals surface area contributed by atoms with Gasteiger partial charge < -0.3 is 5.11 Å². The maximum Gasteiger partial charge on any atom is 0.345 e. The monoisotopic (exact) mass is 248 g/mol. The summed E-state index contributed by atoms with van der Waals surface area (Å²) in [6.07, 6.45) is 0. The van der Waals surface area contributed by atoms with Gasteiger partial charge in [-0.15, -0.1) is 11.3 Å². The molecule has 2 rings (SSSR count). The van der Waals surface area contributed by atoms with Crippen LogP contribution in [-0.4, -0.2) is 11.1 Å². The van der Waals surface area contributed by atoms with Gasteiger partial charge in [0.05, 0.1) is 0 Å². The van der Waals surface area contributed by atoms with Crippen molar-refractivity contribution in [3.05, 3.63) is 46.8 Å². The highest BCUT2D eigenvalue weighted by atomic mass is 32.1. The van der Waals surface area contributed by atoms with E-state index in [0.29, 0.717) is 4.88 Å². The third kappa shape index (κ3) is 3.43. The maximum atomic E-state index is 10.7. The van der Waals surface area contributed by atoms with E-state index >= 15 is 0 Å². The quantitative estimate of drug-likeness (QED) is 0.852. The molecule has 0 spiro atoms. The number of carboxylic acid groups (broad SMARTS) is 1. The van der Waals surface area contributed by atoms with Crippen molar-refractivity contribution in [2.45, 2.75) is 20.8 Å². The van der Waals surface area contributed by atoms with Crippen LogP contribution in [0.3, 0.4) is 0 Å². The molecule has 0 aliphatic rings. The van der Waals surface area contributed by atoms with Crippen LogP contribution in [0.15, 0.2) is 36.4 Å². The van der Waals surface area contributed by atoms with Gasteiger partial charge in [-0.2, -0.15) is 0 Å². The zero-order chi connectivity index (χ0) is 12.8. The summed E-state index contributed by atoms with van der Waals surface area (Å²) in [7, 11) is 0. The lowest BCUT2D eigenvalue weighted by atomic mass is 10.1. The Morgan fingerprint density at radius 2 is 1.65 bits per heavy atom. The Hall–Kier alpha value is -1.61. The van der Waals surface area contributed by atoms with Crippen molar-refractivity contribution in [3.8, 4) is 10.4 Å². The molecule has 0 saturated carbocycles. The van der Waals surface area contributed by atoms with Crippen molar-refractivity contribution >= 4 is 17.3 Å². The summed E-state index contributed by atoms with van der Waals surface area (Å²) in [6.45, 7) is 6.03. The Kier molecular flexibility index (Phi) is 4.91. The van der Waals surface area contributed by atoms with Crippen LogP contribution < -0.4 is 0 Å². The molecule has 0 atom stereocenters. The van der Waals surface area contributed by atoms with Crippen molar-refractivity contribution in [3.63, 3.8) is 0 Å². The summed E-state index contributed by atoms with van der Waals surface area (Å²) in [5.74, 6) is -0.863. The van der Waals surface area contributed by atoms with Crippen molar-refractivity contribution in [1.29, 1.82) is 0 Å². The average Bonchev–Trinajstić information content (AvgIpc) is 2.82. The maximum absolute atomic E-state index is 10.7. The molecule has 2 nitrogen and oxygen atoms in total. The van der Waals surface area contributed by atoms with E-state index in [-0.39, 0.29) is 0 Å². The van der Waals surface area contributed by atoms with E-state index in [2.05, 4.69) is 0 Å². The molecular weight excluding hydrogens is 232 g/mol. The average molecular weight is 248 g/mol. The largest absolute Gasteiger partial charge is 0.477 e. The van der Waals surface area contributed by atoms with E-state index in [0.717, 1.165) is 10.4 Å². The third-order valence-corrected chi connectivity index (χ3v) is 3.28. The van der Waals surface area contributed by atoms with Gasteiger partial charge in [0.25, 0.3) is 0 Å². The normalized spacial score (nSPS) is 9.35. The number of aryl methyl sites for hydroxylation is 1. The van der Waals surface area contributed by atoms with E-state index in [1.807, 2.05) is 51.1 Å². The van der Waals surface area contributed by atoms with Crippen LogP contribution in [0, 0.1) is 6.92 Å². The van der Waals surface area contributed by atoms with Crippen LogP contribution in [0.5, 0.6) is 0 Å². The number of hydrogen-bond donors (Lipinski definition) is 1. The number of hydrogen-bond acceptors (Lipinski definition) is 2. The summed E-state index contributed by atoms with van der Waals surface area (Å²) in [4.78, 5) is 12.1. The molecule has 1 heterocycles. The molecule has 0 amide bonds. The SMILES string of the molecule is CC.Cc1ccc(-c2ccc(C(=O)O)s2)cc1. The molecule has 0 fully saturated rings. The van der Waals surface area contributed by atoms with Crippen molar-refractivity contribution in [2.24, 2.45) is 0 Å². The van der Waals surface area contributed by atoms with Crippen LogP contribution in [0.1, 0.15) is 29.1 Å². The molecule has 1 aromatic carbocycles. The van der Waals surface area contributed by atoms with Gasteiger partial charge in [-0.1, -0.05) is 43.7 Å². The summed E-state index contributed by atoms with van der Waals surface area (Å²) in [5.41, 5.74) is 2.27. The number of benzene rings is 1. The van der Waals surface area contributed by atoms with Gasteiger partial charge in [0.2, 0.25) is 0 Å². The Labute approximate surface area is 106 Å². The fraction of sp³-hybridized carbons (Fsp3) is 0.214. The number of aromatic carboxylic acids is 1. The van der Waals surface area contributed by atoms with Crippen LogP contribution >= 0.6 is 11.3 Å². The molecule has 0 aliphatic heterocycles. The van der Waals surface area contributed by atoms with E-state index in [4.69, 9.17) is 5.11 Å². The molecule has 90 valence electrons. The topological polar surface area (TPSA) is 37.3 Å². The molecule has 3 heteroatoms. The van der Waals surface area contributed by atoms with Crippen LogP contribution in [0.4, 0.5) is 0 Å². The minimum Gasteiger partial charge on any atom is -0.477 e. The smallest absolute Gasteiger partial charge is 0.345 e. The minimum atomic E-state index is -0.863. The van der Waals surface area contributed by atoms with E-state index < -0.39 is 5.97 Å². The second-order valence-electron chi connectivity index (χ2n) is 3.34. The number of carbonyl (C=O) groups is 1. The lowest BCUT2D eigenvalue weighted by Crippen LogP contribution is -1.89. The van der Waals surface area contributed by atoms with Crippen molar-refractivity contribution in [1.82, 2.24) is 0 Å². The number of thiophene rings is 1. The first-order valence-corrected chi connectivity index (χ1v) is 6.38. The highest BCUT2D eigenvalue weighted by Gasteiger charge is 2.07. The zero-order valence-electron chi connectivity index (χ0n) is 10.2. The Morgan fingerprint density at radius 1 is 1.06 bits per heavy atom. The van der Waals surface area contributed by atoms with Gasteiger partial charge in [0.15, 0.2) is 0 Å². The summed E-state index contributed by atoms with van der Waals surface area (Å²) < 4.78 is 0. The fourth-order valence-electron chi connectivity index (χ4n) is 1.33. The Balaban J connectivity index is 0.000000686. The van der Waals surface area contributed by atoms with E-state index in [1.54, 1.807) is 6.07 Å². The van der Waals surface area contributed by atoms with Gasteiger partial charge in [-0.05, 0) is 24.6 Å². The lowest BCUT2D eigenvalue weighted by Gasteiger charge is -1.97. The predicted molar refractivity (Wildman–Crippen MR) is 72.8 cm³/mol. The highest BCUT2D eigenvalue weighted by Crippen LogP contribution is 2.28. The highest BCUT2D eigenvalue weighted by molar-refractivity contribution is 7.17. The van der Waals surface area contributed by atoms with Crippen molar-refractivity contribution in [2.75, 3.05) is 0 Å². The molecule has 0 bridgehead atoms. The molecule has 0 aliphatic carbocycles. The molecule has 1 N–H and O–H groups in total. The zero-order valence-corrected chi connectivity index (χ0v) is 11.0.